The number of carbonyl (C=O) groups is 2. The molecule has 0 aromatic heterocycles. The summed E-state index contributed by atoms with van der Waals surface area (Å²) in [6, 6.07) is 0. The van der Waals surface area contributed by atoms with Gasteiger partial charge in [0.25, 0.3) is 0 Å². The minimum absolute atomic E-state index is 0.0501. The maximum Gasteiger partial charge on any atom is 0.155 e. The molecule has 3 fully saturated rings. The van der Waals surface area contributed by atoms with E-state index >= 15 is 0 Å². The Bertz CT molecular complexity index is 638. The lowest BCUT2D eigenvalue weighted by atomic mass is 9.46. The Labute approximate surface area is 138 Å². The lowest BCUT2D eigenvalue weighted by molar-refractivity contribution is -0.134. The first kappa shape index (κ1) is 15.1. The van der Waals surface area contributed by atoms with Crippen molar-refractivity contribution in [2.45, 2.75) is 51.9 Å². The van der Waals surface area contributed by atoms with Crippen LogP contribution >= 0.6 is 0 Å². The quantitative estimate of drug-likeness (QED) is 0.678. The normalized spacial score (nSPS) is 48.2. The summed E-state index contributed by atoms with van der Waals surface area (Å²) in [5.74, 6) is 2.85. The second-order valence-corrected chi connectivity index (χ2v) is 8.42. The van der Waals surface area contributed by atoms with Gasteiger partial charge in [0.05, 0.1) is 0 Å². The molecule has 4 aliphatic rings. The highest BCUT2D eigenvalue weighted by Gasteiger charge is 2.60. The maximum absolute atomic E-state index is 12.4. The van der Waals surface area contributed by atoms with Gasteiger partial charge in [-0.3, -0.25) is 9.59 Å². The first-order valence-electron chi connectivity index (χ1n) is 9.13. The third-order valence-electron chi connectivity index (χ3n) is 7.70. The Balaban J connectivity index is 1.76. The number of Topliss-reactive ketones (excluding diaryl/α,β-unsaturated/α-hetero) is 1. The van der Waals surface area contributed by atoms with Crippen LogP contribution in [0.15, 0.2) is 30.5 Å². The first-order chi connectivity index (χ1) is 11.0. The summed E-state index contributed by atoms with van der Waals surface area (Å²) in [6.45, 7) is 6.05. The standard InChI is InChI=1S/C21H26O2/c1-3-10-21-12-8-15(22)13-14(21)4-5-16-17-6-7-19(23)20(17,2)11-9-18(16)21/h8,10,12,14,16-18H,1,4-7,9,11,13H2,2H3/t14-,16-,17-,18-,20-,21?/m0/s1. The van der Waals surface area contributed by atoms with Crippen molar-refractivity contribution in [2.24, 2.45) is 34.5 Å². The minimum Gasteiger partial charge on any atom is -0.299 e. The van der Waals surface area contributed by atoms with E-state index in [0.717, 1.165) is 32.1 Å². The molecule has 0 saturated heterocycles. The Kier molecular flexibility index (Phi) is 3.32. The molecule has 0 bridgehead atoms. The third kappa shape index (κ3) is 1.94. The molecule has 0 N–H and O–H groups in total. The molecular weight excluding hydrogens is 284 g/mol. The summed E-state index contributed by atoms with van der Waals surface area (Å²) < 4.78 is 0. The Morgan fingerprint density at radius 2 is 2.04 bits per heavy atom. The minimum atomic E-state index is -0.0821. The lowest BCUT2D eigenvalue weighted by Crippen LogP contribution is -2.52. The van der Waals surface area contributed by atoms with Crippen molar-refractivity contribution in [3.63, 3.8) is 0 Å². The van der Waals surface area contributed by atoms with E-state index in [4.69, 9.17) is 0 Å². The number of ketones is 2. The smallest absolute Gasteiger partial charge is 0.155 e. The molecule has 0 heterocycles. The average Bonchev–Trinajstić information content (AvgIpc) is 2.84. The van der Waals surface area contributed by atoms with Crippen molar-refractivity contribution >= 4 is 11.6 Å². The largest absolute Gasteiger partial charge is 0.299 e. The van der Waals surface area contributed by atoms with Gasteiger partial charge in [-0.15, -0.1) is 5.73 Å². The summed E-state index contributed by atoms with van der Waals surface area (Å²) in [5, 5.41) is 0. The van der Waals surface area contributed by atoms with Crippen LogP contribution in [0.5, 0.6) is 0 Å². The fourth-order valence-corrected chi connectivity index (χ4v) is 6.56. The second-order valence-electron chi connectivity index (χ2n) is 8.42. The van der Waals surface area contributed by atoms with Crippen LogP contribution in [0.3, 0.4) is 0 Å². The van der Waals surface area contributed by atoms with Crippen LogP contribution in [-0.2, 0) is 9.59 Å². The summed E-state index contributed by atoms with van der Waals surface area (Å²) in [6.07, 6.45) is 13.0. The summed E-state index contributed by atoms with van der Waals surface area (Å²) >= 11 is 0. The van der Waals surface area contributed by atoms with E-state index in [0.29, 0.717) is 35.9 Å². The van der Waals surface area contributed by atoms with Crippen molar-refractivity contribution in [3.05, 3.63) is 30.5 Å². The van der Waals surface area contributed by atoms with Gasteiger partial charge in [-0.1, -0.05) is 19.6 Å². The highest BCUT2D eigenvalue weighted by atomic mass is 16.1. The van der Waals surface area contributed by atoms with E-state index in [9.17, 15) is 9.59 Å². The van der Waals surface area contributed by atoms with Crippen LogP contribution in [0.25, 0.3) is 0 Å². The zero-order chi connectivity index (χ0) is 16.2. The van der Waals surface area contributed by atoms with Gasteiger partial charge in [-0.2, -0.15) is 0 Å². The molecule has 6 atom stereocenters. The molecule has 3 saturated carbocycles. The molecule has 122 valence electrons. The number of carbonyl (C=O) groups excluding carboxylic acids is 2. The summed E-state index contributed by atoms with van der Waals surface area (Å²) in [5.41, 5.74) is 2.92. The zero-order valence-corrected chi connectivity index (χ0v) is 14.0. The van der Waals surface area contributed by atoms with E-state index in [1.807, 2.05) is 0 Å². The molecule has 4 aliphatic carbocycles. The number of hydrogen-bond donors (Lipinski definition) is 0. The number of allylic oxidation sites excluding steroid dienone is 3. The van der Waals surface area contributed by atoms with Crippen molar-refractivity contribution < 1.29 is 9.59 Å². The molecule has 23 heavy (non-hydrogen) atoms. The highest BCUT2D eigenvalue weighted by molar-refractivity contribution is 5.91. The molecule has 0 amide bonds. The summed E-state index contributed by atoms with van der Waals surface area (Å²) in [7, 11) is 0. The molecule has 0 aliphatic heterocycles. The topological polar surface area (TPSA) is 34.1 Å². The average molecular weight is 310 g/mol. The molecule has 0 aromatic rings. The zero-order valence-electron chi connectivity index (χ0n) is 14.0. The Morgan fingerprint density at radius 3 is 2.83 bits per heavy atom. The van der Waals surface area contributed by atoms with Crippen LogP contribution < -0.4 is 0 Å². The Morgan fingerprint density at radius 1 is 1.22 bits per heavy atom. The van der Waals surface area contributed by atoms with Gasteiger partial charge in [0.2, 0.25) is 0 Å². The van der Waals surface area contributed by atoms with Crippen LogP contribution in [0.4, 0.5) is 0 Å². The Hall–Kier alpha value is -1.40. The molecule has 1 unspecified atom stereocenters. The van der Waals surface area contributed by atoms with E-state index in [1.54, 1.807) is 6.08 Å². The monoisotopic (exact) mass is 310 g/mol. The molecule has 4 rings (SSSR count). The van der Waals surface area contributed by atoms with Gasteiger partial charge in [0.15, 0.2) is 5.78 Å². The van der Waals surface area contributed by atoms with Crippen LogP contribution in [0.1, 0.15) is 51.9 Å². The number of fused-ring (bicyclic) bond motifs is 5. The van der Waals surface area contributed by atoms with Crippen LogP contribution in [0.2, 0.25) is 0 Å². The number of rotatable bonds is 1. The predicted octanol–water partition coefficient (Wildman–Crippen LogP) is 4.26. The van der Waals surface area contributed by atoms with Gasteiger partial charge in [0.1, 0.15) is 5.78 Å². The molecular formula is C21H26O2. The second kappa shape index (κ2) is 5.05. The number of hydrogen-bond acceptors (Lipinski definition) is 2. The predicted molar refractivity (Wildman–Crippen MR) is 89.7 cm³/mol. The third-order valence-corrected chi connectivity index (χ3v) is 7.70. The molecule has 2 nitrogen and oxygen atoms in total. The lowest BCUT2D eigenvalue weighted by Gasteiger charge is -2.57. The fourth-order valence-electron chi connectivity index (χ4n) is 6.56. The van der Waals surface area contributed by atoms with E-state index < -0.39 is 0 Å². The van der Waals surface area contributed by atoms with Crippen molar-refractivity contribution in [3.8, 4) is 0 Å². The van der Waals surface area contributed by atoms with Gasteiger partial charge >= 0.3 is 0 Å². The van der Waals surface area contributed by atoms with E-state index in [-0.39, 0.29) is 16.6 Å². The van der Waals surface area contributed by atoms with Crippen molar-refractivity contribution in [1.29, 1.82) is 0 Å². The van der Waals surface area contributed by atoms with E-state index in [2.05, 4.69) is 31.4 Å². The van der Waals surface area contributed by atoms with Gasteiger partial charge in [-0.25, -0.2) is 0 Å². The van der Waals surface area contributed by atoms with Crippen molar-refractivity contribution in [2.75, 3.05) is 0 Å². The van der Waals surface area contributed by atoms with Crippen LogP contribution in [-0.4, -0.2) is 11.6 Å². The van der Waals surface area contributed by atoms with E-state index in [1.165, 1.54) is 6.42 Å². The first-order valence-corrected chi connectivity index (χ1v) is 9.13. The molecule has 2 heteroatoms. The summed E-state index contributed by atoms with van der Waals surface area (Å²) in [4.78, 5) is 24.4. The molecule has 0 aromatic carbocycles. The molecule has 0 spiro atoms. The van der Waals surface area contributed by atoms with Crippen molar-refractivity contribution in [1.82, 2.24) is 0 Å². The van der Waals surface area contributed by atoms with Gasteiger partial charge < -0.3 is 0 Å². The SMILES string of the molecule is C=C=CC12C=CC(=O)C[C@@H]1CC[C@@H]1[C@@H]2CC[C@]2(C)C(=O)CC[C@@H]12. The van der Waals surface area contributed by atoms with Gasteiger partial charge in [0, 0.05) is 23.7 Å². The van der Waals surface area contributed by atoms with Crippen LogP contribution in [0, 0.1) is 34.5 Å². The fraction of sp³-hybridized carbons (Fsp3) is 0.667. The molecule has 0 radical (unpaired) electrons. The maximum atomic E-state index is 12.4. The van der Waals surface area contributed by atoms with Gasteiger partial charge in [-0.05, 0) is 67.9 Å². The highest BCUT2D eigenvalue weighted by Crippen LogP contribution is 2.64.